The van der Waals surface area contributed by atoms with E-state index in [9.17, 15) is 14.4 Å². The lowest BCUT2D eigenvalue weighted by molar-refractivity contribution is -0.117. The Bertz CT molecular complexity index is 963. The second-order valence-electron chi connectivity index (χ2n) is 6.94. The first-order valence-corrected chi connectivity index (χ1v) is 10.6. The van der Waals surface area contributed by atoms with Crippen molar-refractivity contribution in [3.05, 3.63) is 48.0 Å². The first-order valence-electron chi connectivity index (χ1n) is 9.76. The van der Waals surface area contributed by atoms with Crippen LogP contribution >= 0.6 is 11.8 Å². The van der Waals surface area contributed by atoms with Crippen molar-refractivity contribution in [2.75, 3.05) is 30.8 Å². The standard InChI is InChI=1S/C22H25N3O4S/c1-4-11-25(13-20(26)23-16-7-5-6-8-18(16)29-3)22(28)15-9-10-19-17(12-15)24-21(27)14(2)30-19/h5-10,12,14H,4,11,13H2,1-3H3,(H,23,26)(H,24,27)/t14-/m1/s1. The Labute approximate surface area is 180 Å². The number of carbonyl (C=O) groups excluding carboxylic acids is 3. The zero-order valence-corrected chi connectivity index (χ0v) is 18.0. The second-order valence-corrected chi connectivity index (χ2v) is 8.32. The Balaban J connectivity index is 1.74. The largest absolute Gasteiger partial charge is 0.495 e. The number of anilines is 2. The van der Waals surface area contributed by atoms with E-state index in [0.29, 0.717) is 35.7 Å². The van der Waals surface area contributed by atoms with E-state index >= 15 is 0 Å². The Hall–Kier alpha value is -3.00. The molecule has 1 heterocycles. The first kappa shape index (κ1) is 21.7. The zero-order valence-electron chi connectivity index (χ0n) is 17.2. The number of rotatable bonds is 7. The summed E-state index contributed by atoms with van der Waals surface area (Å²) in [5, 5.41) is 5.47. The normalized spacial score (nSPS) is 15.0. The molecule has 0 radical (unpaired) electrons. The van der Waals surface area contributed by atoms with Gasteiger partial charge < -0.3 is 20.3 Å². The lowest BCUT2D eigenvalue weighted by Crippen LogP contribution is -2.38. The van der Waals surface area contributed by atoms with Gasteiger partial charge in [0.2, 0.25) is 11.8 Å². The summed E-state index contributed by atoms with van der Waals surface area (Å²) in [6.07, 6.45) is 0.711. The summed E-state index contributed by atoms with van der Waals surface area (Å²) in [4.78, 5) is 40.1. The molecule has 3 amide bonds. The van der Waals surface area contributed by atoms with Crippen molar-refractivity contribution in [1.82, 2.24) is 4.90 Å². The number of nitrogens with one attached hydrogen (secondary N) is 2. The molecule has 30 heavy (non-hydrogen) atoms. The first-order chi connectivity index (χ1) is 14.4. The highest BCUT2D eigenvalue weighted by molar-refractivity contribution is 8.00. The average Bonchev–Trinajstić information content (AvgIpc) is 2.74. The summed E-state index contributed by atoms with van der Waals surface area (Å²) < 4.78 is 5.25. The van der Waals surface area contributed by atoms with E-state index in [0.717, 1.165) is 4.90 Å². The van der Waals surface area contributed by atoms with Gasteiger partial charge >= 0.3 is 0 Å². The molecule has 0 saturated heterocycles. The quantitative estimate of drug-likeness (QED) is 0.705. The number of methoxy groups -OCH3 is 1. The van der Waals surface area contributed by atoms with E-state index in [1.807, 2.05) is 26.0 Å². The second kappa shape index (κ2) is 9.67. The number of hydrogen-bond donors (Lipinski definition) is 2. The smallest absolute Gasteiger partial charge is 0.254 e. The van der Waals surface area contributed by atoms with Crippen LogP contribution in [-0.2, 0) is 9.59 Å². The summed E-state index contributed by atoms with van der Waals surface area (Å²) in [6, 6.07) is 12.4. The van der Waals surface area contributed by atoms with Crippen molar-refractivity contribution in [2.45, 2.75) is 30.4 Å². The number of para-hydroxylation sites is 2. The molecule has 3 rings (SSSR count). The predicted octanol–water partition coefficient (Wildman–Crippen LogP) is 3.62. The zero-order chi connectivity index (χ0) is 21.7. The molecule has 1 atom stereocenters. The Morgan fingerprint density at radius 1 is 1.23 bits per heavy atom. The number of hydrogen-bond acceptors (Lipinski definition) is 5. The van der Waals surface area contributed by atoms with E-state index in [2.05, 4.69) is 10.6 Å². The molecule has 0 aromatic heterocycles. The van der Waals surface area contributed by atoms with Crippen LogP contribution in [0.15, 0.2) is 47.4 Å². The van der Waals surface area contributed by atoms with Gasteiger partial charge in [-0.2, -0.15) is 0 Å². The Morgan fingerprint density at radius 2 is 2.00 bits per heavy atom. The lowest BCUT2D eigenvalue weighted by atomic mass is 10.1. The van der Waals surface area contributed by atoms with Crippen molar-refractivity contribution >= 4 is 40.9 Å². The maximum Gasteiger partial charge on any atom is 0.254 e. The van der Waals surface area contributed by atoms with Gasteiger partial charge in [-0.1, -0.05) is 19.1 Å². The lowest BCUT2D eigenvalue weighted by Gasteiger charge is -2.24. The molecular formula is C22H25N3O4S. The third kappa shape index (κ3) is 4.94. The van der Waals surface area contributed by atoms with Crippen molar-refractivity contribution < 1.29 is 19.1 Å². The van der Waals surface area contributed by atoms with Crippen LogP contribution in [0.25, 0.3) is 0 Å². The minimum absolute atomic E-state index is 0.0834. The molecule has 2 aromatic carbocycles. The molecule has 0 saturated carbocycles. The van der Waals surface area contributed by atoms with E-state index < -0.39 is 0 Å². The van der Waals surface area contributed by atoms with Gasteiger partial charge in [0.15, 0.2) is 0 Å². The number of ether oxygens (including phenoxy) is 1. The maximum atomic E-state index is 13.1. The molecule has 158 valence electrons. The Morgan fingerprint density at radius 3 is 2.73 bits per heavy atom. The molecule has 7 nitrogen and oxygen atoms in total. The minimum atomic E-state index is -0.308. The highest BCUT2D eigenvalue weighted by Crippen LogP contribution is 2.36. The summed E-state index contributed by atoms with van der Waals surface area (Å²) >= 11 is 1.46. The highest BCUT2D eigenvalue weighted by Gasteiger charge is 2.25. The molecule has 2 N–H and O–H groups in total. The molecule has 0 fully saturated rings. The van der Waals surface area contributed by atoms with Crippen molar-refractivity contribution in [3.63, 3.8) is 0 Å². The van der Waals surface area contributed by atoms with Crippen molar-refractivity contribution in [2.24, 2.45) is 0 Å². The molecule has 1 aliphatic heterocycles. The van der Waals surface area contributed by atoms with Crippen LogP contribution < -0.4 is 15.4 Å². The highest BCUT2D eigenvalue weighted by atomic mass is 32.2. The van der Waals surface area contributed by atoms with Gasteiger partial charge in [0.05, 0.1) is 23.7 Å². The van der Waals surface area contributed by atoms with Gasteiger partial charge in [-0.25, -0.2) is 0 Å². The van der Waals surface area contributed by atoms with Gasteiger partial charge in [-0.15, -0.1) is 11.8 Å². The number of carbonyl (C=O) groups is 3. The summed E-state index contributed by atoms with van der Waals surface area (Å²) in [6.45, 7) is 4.14. The molecule has 0 unspecified atom stereocenters. The predicted molar refractivity (Wildman–Crippen MR) is 118 cm³/mol. The SMILES string of the molecule is CCCN(CC(=O)Nc1ccccc1OC)C(=O)c1ccc2c(c1)NC(=O)[C@@H](C)S2. The van der Waals surface area contributed by atoms with Crippen LogP contribution in [0.3, 0.4) is 0 Å². The number of fused-ring (bicyclic) bond motifs is 1. The monoisotopic (exact) mass is 427 g/mol. The van der Waals surface area contributed by atoms with Crippen LogP contribution in [0.5, 0.6) is 5.75 Å². The third-order valence-corrected chi connectivity index (χ3v) is 5.83. The van der Waals surface area contributed by atoms with E-state index in [1.54, 1.807) is 30.3 Å². The fourth-order valence-electron chi connectivity index (χ4n) is 3.16. The maximum absolute atomic E-state index is 13.1. The van der Waals surface area contributed by atoms with Gasteiger partial charge in [-0.3, -0.25) is 14.4 Å². The van der Waals surface area contributed by atoms with Gasteiger partial charge in [0.25, 0.3) is 5.91 Å². The van der Waals surface area contributed by atoms with E-state index in [1.165, 1.54) is 23.8 Å². The fourth-order valence-corrected chi connectivity index (χ4v) is 4.09. The van der Waals surface area contributed by atoms with E-state index in [4.69, 9.17) is 4.74 Å². The summed E-state index contributed by atoms with van der Waals surface area (Å²) in [5.41, 5.74) is 1.61. The van der Waals surface area contributed by atoms with Crippen molar-refractivity contribution in [1.29, 1.82) is 0 Å². The number of nitrogens with zero attached hydrogens (tertiary/aromatic N) is 1. The van der Waals surface area contributed by atoms with Crippen LogP contribution in [0, 0.1) is 0 Å². The number of benzene rings is 2. The van der Waals surface area contributed by atoms with Crippen LogP contribution in [0.1, 0.15) is 30.6 Å². The Kier molecular flexibility index (Phi) is 6.99. The molecule has 0 bridgehead atoms. The summed E-state index contributed by atoms with van der Waals surface area (Å²) in [7, 11) is 1.53. The molecular weight excluding hydrogens is 402 g/mol. The number of thioether (sulfide) groups is 1. The van der Waals surface area contributed by atoms with Crippen LogP contribution in [0.4, 0.5) is 11.4 Å². The van der Waals surface area contributed by atoms with Gasteiger partial charge in [0, 0.05) is 17.0 Å². The molecule has 0 aliphatic carbocycles. The van der Waals surface area contributed by atoms with E-state index in [-0.39, 0.29) is 29.5 Å². The van der Waals surface area contributed by atoms with Crippen LogP contribution in [-0.4, -0.2) is 48.1 Å². The molecule has 2 aromatic rings. The van der Waals surface area contributed by atoms with Gasteiger partial charge in [-0.05, 0) is 43.7 Å². The fraction of sp³-hybridized carbons (Fsp3) is 0.318. The molecule has 1 aliphatic rings. The summed E-state index contributed by atoms with van der Waals surface area (Å²) in [5.74, 6) is -0.0975. The number of amides is 3. The topological polar surface area (TPSA) is 87.7 Å². The molecule has 0 spiro atoms. The van der Waals surface area contributed by atoms with Crippen LogP contribution in [0.2, 0.25) is 0 Å². The minimum Gasteiger partial charge on any atom is -0.495 e. The molecule has 8 heteroatoms. The average molecular weight is 428 g/mol. The third-order valence-electron chi connectivity index (χ3n) is 4.65. The van der Waals surface area contributed by atoms with Gasteiger partial charge in [0.1, 0.15) is 12.3 Å². The van der Waals surface area contributed by atoms with Crippen molar-refractivity contribution in [3.8, 4) is 5.75 Å².